The highest BCUT2D eigenvalue weighted by Crippen LogP contribution is 2.34. The van der Waals surface area contributed by atoms with Crippen LogP contribution in [0.2, 0.25) is 0 Å². The van der Waals surface area contributed by atoms with Crippen molar-refractivity contribution in [2.45, 2.75) is 13.0 Å². The molecule has 1 N–H and O–H groups in total. The Labute approximate surface area is 113 Å². The molecule has 0 fully saturated rings. The van der Waals surface area contributed by atoms with Crippen LogP contribution in [-0.2, 0) is 0 Å². The molecule has 1 aliphatic heterocycles. The molecule has 7 heteroatoms. The monoisotopic (exact) mass is 277 g/mol. The first-order chi connectivity index (χ1) is 9.24. The molecule has 0 radical (unpaired) electrons. The Morgan fingerprint density at radius 1 is 1.42 bits per heavy atom. The number of benzene rings is 1. The minimum atomic E-state index is -0.180. The van der Waals surface area contributed by atoms with Crippen LogP contribution >= 0.6 is 11.5 Å². The van der Waals surface area contributed by atoms with Crippen LogP contribution in [0.25, 0.3) is 0 Å². The predicted octanol–water partition coefficient (Wildman–Crippen LogP) is 1.76. The van der Waals surface area contributed by atoms with E-state index in [1.54, 1.807) is 0 Å². The molecule has 2 aromatic rings. The van der Waals surface area contributed by atoms with Crippen molar-refractivity contribution in [2.24, 2.45) is 0 Å². The molecule has 0 bridgehead atoms. The van der Waals surface area contributed by atoms with E-state index in [0.29, 0.717) is 10.6 Å². The van der Waals surface area contributed by atoms with Crippen LogP contribution in [-0.4, -0.2) is 22.3 Å². The number of hydrogen-bond donors (Lipinski definition) is 1. The molecule has 3 rings (SSSR count). The van der Waals surface area contributed by atoms with Crippen molar-refractivity contribution < 1.29 is 14.3 Å². The Hall–Kier alpha value is -2.15. The molecular formula is C12H11N3O3S. The Balaban J connectivity index is 1.73. The highest BCUT2D eigenvalue weighted by atomic mass is 32.1. The summed E-state index contributed by atoms with van der Waals surface area (Å²) in [5, 5.41) is 6.53. The number of carbonyl (C=O) groups excluding carboxylic acids is 1. The molecule has 0 spiro atoms. The van der Waals surface area contributed by atoms with E-state index in [1.807, 2.05) is 25.1 Å². The zero-order valence-electron chi connectivity index (χ0n) is 10.1. The zero-order valence-corrected chi connectivity index (χ0v) is 10.9. The summed E-state index contributed by atoms with van der Waals surface area (Å²) in [6.45, 7) is 2.15. The molecule has 1 aliphatic rings. The third-order valence-corrected chi connectivity index (χ3v) is 3.49. The standard InChI is InChI=1S/C12H11N3O3S/c1-7(14-12(16)11-5-13-15-19-11)8-2-3-9-10(4-8)18-6-17-9/h2-5,7H,6H2,1H3,(H,14,16). The van der Waals surface area contributed by atoms with Crippen molar-refractivity contribution in [1.29, 1.82) is 0 Å². The highest BCUT2D eigenvalue weighted by Gasteiger charge is 2.17. The minimum Gasteiger partial charge on any atom is -0.454 e. The van der Waals surface area contributed by atoms with E-state index >= 15 is 0 Å². The zero-order chi connectivity index (χ0) is 13.2. The maximum absolute atomic E-state index is 11.9. The van der Waals surface area contributed by atoms with Gasteiger partial charge in [0.1, 0.15) is 4.88 Å². The van der Waals surface area contributed by atoms with Gasteiger partial charge in [0.25, 0.3) is 5.91 Å². The number of fused-ring (bicyclic) bond motifs is 1. The van der Waals surface area contributed by atoms with E-state index in [1.165, 1.54) is 6.20 Å². The summed E-state index contributed by atoms with van der Waals surface area (Å²) in [6.07, 6.45) is 1.45. The van der Waals surface area contributed by atoms with Crippen molar-refractivity contribution in [1.82, 2.24) is 14.9 Å². The molecular weight excluding hydrogens is 266 g/mol. The average molecular weight is 277 g/mol. The van der Waals surface area contributed by atoms with Crippen molar-refractivity contribution >= 4 is 17.4 Å². The number of aromatic nitrogens is 2. The molecule has 98 valence electrons. The van der Waals surface area contributed by atoms with Crippen molar-refractivity contribution in [3.8, 4) is 11.5 Å². The van der Waals surface area contributed by atoms with Crippen LogP contribution in [0.1, 0.15) is 28.2 Å². The summed E-state index contributed by atoms with van der Waals surface area (Å²) < 4.78 is 14.2. The van der Waals surface area contributed by atoms with Gasteiger partial charge in [0.05, 0.1) is 12.2 Å². The lowest BCUT2D eigenvalue weighted by Crippen LogP contribution is -2.25. The molecule has 1 aromatic carbocycles. The maximum Gasteiger partial charge on any atom is 0.265 e. The van der Waals surface area contributed by atoms with Gasteiger partial charge in [-0.05, 0) is 36.2 Å². The van der Waals surface area contributed by atoms with Gasteiger partial charge in [-0.15, -0.1) is 5.10 Å². The third kappa shape index (κ3) is 2.37. The molecule has 19 heavy (non-hydrogen) atoms. The van der Waals surface area contributed by atoms with Crippen LogP contribution < -0.4 is 14.8 Å². The normalized spacial score (nSPS) is 14.2. The second-order valence-corrected chi connectivity index (χ2v) is 4.88. The van der Waals surface area contributed by atoms with E-state index in [0.717, 1.165) is 22.8 Å². The average Bonchev–Trinajstić information content (AvgIpc) is 3.09. The summed E-state index contributed by atoms with van der Waals surface area (Å²) in [7, 11) is 0. The van der Waals surface area contributed by atoms with Crippen LogP contribution in [0.3, 0.4) is 0 Å². The van der Waals surface area contributed by atoms with E-state index in [9.17, 15) is 4.79 Å². The van der Waals surface area contributed by atoms with Crippen LogP contribution in [0.15, 0.2) is 24.4 Å². The number of hydrogen-bond acceptors (Lipinski definition) is 6. The Morgan fingerprint density at radius 2 is 2.26 bits per heavy atom. The van der Waals surface area contributed by atoms with Crippen LogP contribution in [0.4, 0.5) is 0 Å². The molecule has 1 unspecified atom stereocenters. The molecule has 6 nitrogen and oxygen atoms in total. The van der Waals surface area contributed by atoms with Gasteiger partial charge in [0.2, 0.25) is 6.79 Å². The van der Waals surface area contributed by atoms with Crippen molar-refractivity contribution in [3.05, 3.63) is 34.8 Å². The SMILES string of the molecule is CC(NC(=O)c1cnns1)c1ccc2c(c1)OCO2. The van der Waals surface area contributed by atoms with Gasteiger partial charge in [0, 0.05) is 0 Å². The molecule has 1 atom stereocenters. The van der Waals surface area contributed by atoms with Crippen molar-refractivity contribution in [2.75, 3.05) is 6.79 Å². The molecule has 1 amide bonds. The summed E-state index contributed by atoms with van der Waals surface area (Å²) in [6, 6.07) is 5.49. The van der Waals surface area contributed by atoms with Crippen LogP contribution in [0, 0.1) is 0 Å². The summed E-state index contributed by atoms with van der Waals surface area (Å²) in [4.78, 5) is 12.4. The fraction of sp³-hybridized carbons (Fsp3) is 0.250. The lowest BCUT2D eigenvalue weighted by atomic mass is 10.1. The second kappa shape index (κ2) is 4.85. The number of nitrogens with one attached hydrogen (secondary N) is 1. The predicted molar refractivity (Wildman–Crippen MR) is 68.4 cm³/mol. The summed E-state index contributed by atoms with van der Waals surface area (Å²) in [5.74, 6) is 1.26. The topological polar surface area (TPSA) is 73.3 Å². The number of nitrogens with zero attached hydrogens (tertiary/aromatic N) is 2. The third-order valence-electron chi connectivity index (χ3n) is 2.83. The van der Waals surface area contributed by atoms with Gasteiger partial charge in [0.15, 0.2) is 11.5 Å². The quantitative estimate of drug-likeness (QED) is 0.925. The number of rotatable bonds is 3. The van der Waals surface area contributed by atoms with E-state index in [2.05, 4.69) is 14.9 Å². The van der Waals surface area contributed by atoms with Crippen LogP contribution in [0.5, 0.6) is 11.5 Å². The lowest BCUT2D eigenvalue weighted by molar-refractivity contribution is 0.0943. The Kier molecular flexibility index (Phi) is 3.04. The number of ether oxygens (including phenoxy) is 2. The first-order valence-corrected chi connectivity index (χ1v) is 6.49. The van der Waals surface area contributed by atoms with Gasteiger partial charge in [-0.1, -0.05) is 10.6 Å². The van der Waals surface area contributed by atoms with Gasteiger partial charge < -0.3 is 14.8 Å². The summed E-state index contributed by atoms with van der Waals surface area (Å²) >= 11 is 1.07. The first kappa shape index (κ1) is 11.9. The smallest absolute Gasteiger partial charge is 0.265 e. The van der Waals surface area contributed by atoms with E-state index in [-0.39, 0.29) is 18.7 Å². The fourth-order valence-corrected chi connectivity index (χ4v) is 2.22. The van der Waals surface area contributed by atoms with Gasteiger partial charge >= 0.3 is 0 Å². The fourth-order valence-electron chi connectivity index (χ4n) is 1.80. The number of amides is 1. The molecule has 2 heterocycles. The lowest BCUT2D eigenvalue weighted by Gasteiger charge is -2.13. The highest BCUT2D eigenvalue weighted by molar-refractivity contribution is 7.07. The van der Waals surface area contributed by atoms with E-state index < -0.39 is 0 Å². The largest absolute Gasteiger partial charge is 0.454 e. The van der Waals surface area contributed by atoms with Gasteiger partial charge in [-0.25, -0.2) is 0 Å². The van der Waals surface area contributed by atoms with E-state index in [4.69, 9.17) is 9.47 Å². The maximum atomic E-state index is 11.9. The molecule has 0 saturated heterocycles. The Bertz CT molecular complexity index is 600. The van der Waals surface area contributed by atoms with Crippen molar-refractivity contribution in [3.63, 3.8) is 0 Å². The molecule has 1 aromatic heterocycles. The summed E-state index contributed by atoms with van der Waals surface area (Å²) in [5.41, 5.74) is 0.954. The second-order valence-electron chi connectivity index (χ2n) is 4.09. The number of carbonyl (C=O) groups is 1. The Morgan fingerprint density at radius 3 is 3.05 bits per heavy atom. The molecule has 0 aliphatic carbocycles. The van der Waals surface area contributed by atoms with Gasteiger partial charge in [-0.2, -0.15) is 0 Å². The van der Waals surface area contributed by atoms with Gasteiger partial charge in [-0.3, -0.25) is 4.79 Å². The first-order valence-electron chi connectivity index (χ1n) is 5.72. The minimum absolute atomic E-state index is 0.135. The molecule has 0 saturated carbocycles.